The van der Waals surface area contributed by atoms with Gasteiger partial charge >= 0.3 is 65.1 Å². The van der Waals surface area contributed by atoms with E-state index < -0.39 is 5.97 Å². The van der Waals surface area contributed by atoms with Gasteiger partial charge in [0.25, 0.3) is 0 Å². The van der Waals surface area contributed by atoms with Crippen LogP contribution in [0.3, 0.4) is 0 Å². The summed E-state index contributed by atoms with van der Waals surface area (Å²) in [6.45, 7) is 0. The van der Waals surface area contributed by atoms with Crippen molar-refractivity contribution in [2.45, 2.75) is 0 Å². The van der Waals surface area contributed by atoms with Gasteiger partial charge in [0, 0.05) is 0 Å². The fourth-order valence-corrected chi connectivity index (χ4v) is 0.535. The molecule has 0 bridgehead atoms. The summed E-state index contributed by atoms with van der Waals surface area (Å²) in [5, 5.41) is 8.26. The minimum atomic E-state index is -0.775. The normalized spacial score (nSPS) is 6.33. The fraction of sp³-hybridized carbons (Fsp3) is 0.200. The van der Waals surface area contributed by atoms with Gasteiger partial charge in [0.2, 0.25) is 0 Å². The maximum Gasteiger partial charge on any atom is 1.00 e. The smallest absolute Gasteiger partial charge is 0.806 e. The van der Waals surface area contributed by atoms with Gasteiger partial charge in [-0.1, -0.05) is 0 Å². The monoisotopic (exact) mass is 219 g/mol. The second kappa shape index (κ2) is 10.2. The van der Waals surface area contributed by atoms with E-state index >= 15 is 0 Å². The van der Waals surface area contributed by atoms with Gasteiger partial charge in [0.1, 0.15) is 6.07 Å². The molecule has 0 atom stereocenters. The van der Waals surface area contributed by atoms with Crippen molar-refractivity contribution in [3.8, 4) is 6.07 Å². The van der Waals surface area contributed by atoms with Crippen LogP contribution in [0.25, 0.3) is 0 Å². The van der Waals surface area contributed by atoms with Crippen molar-refractivity contribution >= 4 is 31.2 Å². The summed E-state index contributed by atoms with van der Waals surface area (Å²) >= 11 is 8.83. The van der Waals surface area contributed by atoms with Crippen LogP contribution in [-0.2, 0) is 34.8 Å². The van der Waals surface area contributed by atoms with Crippen molar-refractivity contribution in [2.75, 3.05) is 7.11 Å². The topological polar surface area (TPSA) is 50.1 Å². The van der Waals surface area contributed by atoms with Gasteiger partial charge in [0.05, 0.1) is 12.7 Å². The first-order valence-electron chi connectivity index (χ1n) is 2.20. The van der Waals surface area contributed by atoms with E-state index in [2.05, 4.69) is 30.0 Å². The largest absolute Gasteiger partial charge is 1.00 e. The molecule has 0 radical (unpaired) electrons. The average Bonchev–Trinajstić information content (AvgIpc) is 1.88. The molecule has 0 amide bonds. The number of methoxy groups -OCH3 is 1. The van der Waals surface area contributed by atoms with Crippen LogP contribution in [-0.4, -0.2) is 13.1 Å². The van der Waals surface area contributed by atoms with Crippen molar-refractivity contribution in [2.24, 2.45) is 0 Å². The Morgan fingerprint density at radius 1 is 1.42 bits per heavy atom. The quantitative estimate of drug-likeness (QED) is 0.144. The molecule has 0 aromatic heterocycles. The molecule has 3 nitrogen and oxygen atoms in total. The van der Waals surface area contributed by atoms with Crippen molar-refractivity contribution in [1.82, 2.24) is 0 Å². The van der Waals surface area contributed by atoms with Gasteiger partial charge < -0.3 is 34.2 Å². The van der Waals surface area contributed by atoms with Gasteiger partial charge in [-0.15, -0.1) is 0 Å². The van der Waals surface area contributed by atoms with E-state index in [1.54, 1.807) is 6.07 Å². The molecule has 7 heteroatoms. The molecule has 0 N–H and O–H groups in total. The molecule has 54 valence electrons. The number of nitriles is 1. The number of carbonyl (C=O) groups is 1. The van der Waals surface area contributed by atoms with Gasteiger partial charge in [-0.25, -0.2) is 4.79 Å². The number of rotatable bonds is 1. The van der Waals surface area contributed by atoms with E-state index in [4.69, 9.17) is 5.26 Å². The minimum absolute atomic E-state index is 0. The Kier molecular flexibility index (Phi) is 16.0. The summed E-state index contributed by atoms with van der Waals surface area (Å²) in [5.74, 6) is -0.775. The van der Waals surface area contributed by atoms with E-state index in [1.165, 1.54) is 0 Å². The number of ether oxygens (including phenoxy) is 1. The second-order valence-electron chi connectivity index (χ2n) is 1.27. The van der Waals surface area contributed by atoms with Crippen LogP contribution < -0.4 is 59.1 Å². The summed E-state index contributed by atoms with van der Waals surface area (Å²) in [6.07, 6.45) is 0. The van der Waals surface area contributed by atoms with Crippen LogP contribution in [0.15, 0.2) is 9.81 Å². The van der Waals surface area contributed by atoms with E-state index in [-0.39, 0.29) is 68.9 Å². The van der Waals surface area contributed by atoms with Crippen molar-refractivity contribution < 1.29 is 68.6 Å². The van der Waals surface area contributed by atoms with Gasteiger partial charge in [-0.05, 0) is 0 Å². The predicted molar refractivity (Wildman–Crippen MR) is 39.4 cm³/mol. The third kappa shape index (κ3) is 6.63. The van der Waals surface area contributed by atoms with Crippen LogP contribution in [0.5, 0.6) is 0 Å². The van der Waals surface area contributed by atoms with Crippen LogP contribution in [0.2, 0.25) is 0 Å². The molecule has 0 aliphatic rings. The Labute approximate surface area is 126 Å². The minimum Gasteiger partial charge on any atom is -0.806 e. The summed E-state index contributed by atoms with van der Waals surface area (Å²) in [6, 6.07) is 1.55. The van der Waals surface area contributed by atoms with E-state index in [0.29, 0.717) is 0 Å². The summed E-state index contributed by atoms with van der Waals surface area (Å²) < 4.78 is 4.05. The first-order chi connectivity index (χ1) is 4.63. The zero-order chi connectivity index (χ0) is 8.15. The molecule has 0 spiro atoms. The molecule has 0 aliphatic carbocycles. The number of hydrogen-bond donors (Lipinski definition) is 0. The van der Waals surface area contributed by atoms with Crippen LogP contribution >= 0.6 is 0 Å². The number of carbonyl (C=O) groups excluding carboxylic acids is 1. The number of hydrogen-bond acceptors (Lipinski definition) is 5. The molecule has 12 heavy (non-hydrogen) atoms. The average molecular weight is 219 g/mol. The Hall–Kier alpha value is 1.14. The molecule has 0 aliphatic heterocycles. The molecular weight excluding hydrogens is 216 g/mol. The zero-order valence-corrected chi connectivity index (χ0v) is 12.7. The molecule has 0 saturated heterocycles. The molecule has 0 unspecified atom stereocenters. The fourth-order valence-electron chi connectivity index (χ4n) is 0.277. The van der Waals surface area contributed by atoms with E-state index in [0.717, 1.165) is 7.11 Å². The van der Waals surface area contributed by atoms with Gasteiger partial charge in [-0.3, -0.25) is 0 Å². The molecular formula is C5H3NNa2O2S2. The zero-order valence-electron chi connectivity index (χ0n) is 7.08. The Morgan fingerprint density at radius 3 is 1.92 bits per heavy atom. The van der Waals surface area contributed by atoms with Gasteiger partial charge in [0.15, 0.2) is 0 Å². The van der Waals surface area contributed by atoms with E-state index in [9.17, 15) is 4.79 Å². The van der Waals surface area contributed by atoms with Crippen LogP contribution in [0.4, 0.5) is 0 Å². The SMILES string of the molecule is COC(=O)C(C#N)=C([S-])[S-].[Na+].[Na+]. The van der Waals surface area contributed by atoms with Crippen molar-refractivity contribution in [3.63, 3.8) is 0 Å². The maximum atomic E-state index is 10.5. The Balaban J connectivity index is -0.000000405. The third-order valence-corrected chi connectivity index (χ3v) is 1.11. The molecule has 0 rings (SSSR count). The molecule has 0 fully saturated rings. The Morgan fingerprint density at radius 2 is 1.83 bits per heavy atom. The third-order valence-electron chi connectivity index (χ3n) is 0.705. The summed E-state index contributed by atoms with van der Waals surface area (Å²) in [7, 11) is 1.16. The molecule has 0 heterocycles. The predicted octanol–water partition coefficient (Wildman–Crippen LogP) is -6.00. The second-order valence-corrected chi connectivity index (χ2v) is 2.34. The maximum absolute atomic E-state index is 10.5. The Bertz CT molecular complexity index is 220. The van der Waals surface area contributed by atoms with Gasteiger partial charge in [-0.2, -0.15) is 5.26 Å². The molecule has 0 saturated carbocycles. The van der Waals surface area contributed by atoms with Crippen LogP contribution in [0, 0.1) is 11.3 Å². The molecule has 0 aromatic carbocycles. The summed E-state index contributed by atoms with van der Waals surface area (Å²) in [5.41, 5.74) is -0.285. The first kappa shape index (κ1) is 18.8. The number of nitrogens with zero attached hydrogens (tertiary/aromatic N) is 1. The number of esters is 1. The van der Waals surface area contributed by atoms with Crippen LogP contribution in [0.1, 0.15) is 0 Å². The van der Waals surface area contributed by atoms with Crippen molar-refractivity contribution in [1.29, 1.82) is 5.26 Å². The summed E-state index contributed by atoms with van der Waals surface area (Å²) in [4.78, 5) is 10.5. The van der Waals surface area contributed by atoms with Crippen molar-refractivity contribution in [3.05, 3.63) is 9.81 Å². The molecule has 0 aromatic rings. The van der Waals surface area contributed by atoms with E-state index in [1.807, 2.05) is 0 Å². The standard InChI is InChI=1S/C5H5NO2S2.2Na/c1-8-4(7)3(2-6)5(9)10;;/h9-10H,1H3;;/q;2*+1/p-2. The first-order valence-corrected chi connectivity index (χ1v) is 3.01.